The van der Waals surface area contributed by atoms with E-state index in [1.807, 2.05) is 91.0 Å². The van der Waals surface area contributed by atoms with Crippen molar-refractivity contribution in [3.63, 3.8) is 0 Å². The van der Waals surface area contributed by atoms with Crippen molar-refractivity contribution in [3.05, 3.63) is 113 Å². The molecule has 3 aromatic carbocycles. The molecule has 0 fully saturated rings. The highest BCUT2D eigenvalue weighted by atomic mass is 16.5. The van der Waals surface area contributed by atoms with Crippen molar-refractivity contribution >= 4 is 6.21 Å². The van der Waals surface area contributed by atoms with E-state index in [0.29, 0.717) is 19.8 Å². The number of nitrogens with zero attached hydrogens (tertiary/aromatic N) is 1. The van der Waals surface area contributed by atoms with Gasteiger partial charge < -0.3 is 14.7 Å². The summed E-state index contributed by atoms with van der Waals surface area (Å²) in [6.45, 7) is 1.51. The number of hydrogen-bond acceptors (Lipinski definition) is 3. The zero-order valence-electron chi connectivity index (χ0n) is 15.8. The summed E-state index contributed by atoms with van der Waals surface area (Å²) in [6.07, 6.45) is 1.13. The second-order valence-corrected chi connectivity index (χ2v) is 6.55. The smallest absolute Gasteiger partial charge is 0.182 e. The monoisotopic (exact) mass is 375 g/mol. The maximum absolute atomic E-state index is 12.4. The van der Waals surface area contributed by atoms with Crippen molar-refractivity contribution in [3.8, 4) is 0 Å². The summed E-state index contributed by atoms with van der Waals surface area (Å²) in [5, 5.41) is 12.4. The van der Waals surface area contributed by atoms with Crippen molar-refractivity contribution in [2.24, 2.45) is 0 Å². The third-order valence-corrected chi connectivity index (χ3v) is 4.21. The lowest BCUT2D eigenvalue weighted by molar-refractivity contribution is -0.473. The summed E-state index contributed by atoms with van der Waals surface area (Å²) < 4.78 is 12.7. The van der Waals surface area contributed by atoms with Crippen LogP contribution < -0.4 is 0 Å². The Bertz CT molecular complexity index is 835. The first-order valence-corrected chi connectivity index (χ1v) is 9.39. The molecule has 0 N–H and O–H groups in total. The van der Waals surface area contributed by atoms with Gasteiger partial charge in [0.05, 0.1) is 19.8 Å². The highest BCUT2D eigenvalue weighted by Gasteiger charge is 2.12. The molecule has 0 unspecified atom stereocenters. The van der Waals surface area contributed by atoms with E-state index < -0.39 is 6.10 Å². The van der Waals surface area contributed by atoms with Gasteiger partial charge in [0.2, 0.25) is 0 Å². The molecule has 0 aliphatic carbocycles. The van der Waals surface area contributed by atoms with Gasteiger partial charge in [0.25, 0.3) is 0 Å². The molecule has 0 aromatic heterocycles. The van der Waals surface area contributed by atoms with Gasteiger partial charge in [-0.25, -0.2) is 4.74 Å². The Morgan fingerprint density at radius 3 is 1.79 bits per heavy atom. The van der Waals surface area contributed by atoms with Gasteiger partial charge in [0, 0.05) is 5.56 Å². The highest BCUT2D eigenvalue weighted by Crippen LogP contribution is 2.06. The third kappa shape index (κ3) is 6.99. The molecule has 3 rings (SSSR count). The van der Waals surface area contributed by atoms with Crippen molar-refractivity contribution in [1.29, 1.82) is 0 Å². The first-order chi connectivity index (χ1) is 13.8. The second-order valence-electron chi connectivity index (χ2n) is 6.55. The molecule has 0 saturated carbocycles. The Morgan fingerprint density at radius 1 is 0.714 bits per heavy atom. The van der Waals surface area contributed by atoms with Crippen LogP contribution in [0.5, 0.6) is 0 Å². The van der Waals surface area contributed by atoms with Crippen molar-refractivity contribution in [2.45, 2.75) is 25.9 Å². The first-order valence-electron chi connectivity index (χ1n) is 9.39. The fourth-order valence-corrected chi connectivity index (χ4v) is 2.78. The van der Waals surface area contributed by atoms with Gasteiger partial charge in [-0.2, -0.15) is 0 Å². The average molecular weight is 375 g/mol. The zero-order valence-corrected chi connectivity index (χ0v) is 15.8. The van der Waals surface area contributed by atoms with E-state index in [4.69, 9.17) is 9.47 Å². The van der Waals surface area contributed by atoms with E-state index in [1.54, 1.807) is 6.21 Å². The summed E-state index contributed by atoms with van der Waals surface area (Å²) in [5.74, 6) is 0. The molecule has 28 heavy (non-hydrogen) atoms. The fraction of sp³-hybridized carbons (Fsp3) is 0.208. The van der Waals surface area contributed by atoms with Gasteiger partial charge >= 0.3 is 0 Å². The number of ether oxygens (including phenoxy) is 2. The molecule has 3 aromatic rings. The Hall–Kier alpha value is -2.95. The first kappa shape index (κ1) is 19.8. The molecular weight excluding hydrogens is 350 g/mol. The van der Waals surface area contributed by atoms with Crippen LogP contribution in [0.1, 0.15) is 16.7 Å². The van der Waals surface area contributed by atoms with Crippen LogP contribution in [0, 0.1) is 5.21 Å². The van der Waals surface area contributed by atoms with Crippen LogP contribution in [-0.2, 0) is 29.2 Å². The quantitative estimate of drug-likeness (QED) is 0.226. The molecule has 0 heterocycles. The lowest BCUT2D eigenvalue weighted by atomic mass is 10.2. The summed E-state index contributed by atoms with van der Waals surface area (Å²) in [4.78, 5) is 0. The third-order valence-electron chi connectivity index (χ3n) is 4.21. The Kier molecular flexibility index (Phi) is 7.79. The van der Waals surface area contributed by atoms with E-state index >= 15 is 0 Å². The molecule has 1 atom stereocenters. The Labute approximate surface area is 166 Å². The van der Waals surface area contributed by atoms with Crippen LogP contribution in [-0.4, -0.2) is 23.7 Å². The van der Waals surface area contributed by atoms with Gasteiger partial charge in [-0.15, -0.1) is 0 Å². The van der Waals surface area contributed by atoms with Crippen LogP contribution >= 0.6 is 0 Å². The SMILES string of the molecule is [O-]/[N+](=C\[C@@H](COCc1ccccc1)OCc1ccccc1)Cc1ccccc1. The zero-order chi connectivity index (χ0) is 19.4. The molecule has 144 valence electrons. The normalized spacial score (nSPS) is 12.6. The van der Waals surface area contributed by atoms with E-state index in [0.717, 1.165) is 21.4 Å². The molecule has 0 saturated heterocycles. The summed E-state index contributed by atoms with van der Waals surface area (Å²) >= 11 is 0. The second kappa shape index (κ2) is 11.0. The van der Waals surface area contributed by atoms with Gasteiger partial charge in [-0.1, -0.05) is 91.0 Å². The van der Waals surface area contributed by atoms with Crippen LogP contribution in [0.15, 0.2) is 91.0 Å². The minimum absolute atomic E-state index is 0.282. The standard InChI is InChI=1S/C24H25NO3/c26-25(16-21-10-4-1-5-11-21)17-24(28-19-23-14-8-3-9-15-23)20-27-18-22-12-6-2-7-13-22/h1-15,17,24H,16,18-20H2/b25-17-/t24-/m0/s1. The molecule has 0 aliphatic rings. The highest BCUT2D eigenvalue weighted by molar-refractivity contribution is 5.58. The van der Waals surface area contributed by atoms with Gasteiger partial charge in [0.15, 0.2) is 18.9 Å². The largest absolute Gasteiger partial charge is 0.624 e. The van der Waals surface area contributed by atoms with E-state index in [-0.39, 0.29) is 6.54 Å². The van der Waals surface area contributed by atoms with Gasteiger partial charge in [-0.3, -0.25) is 0 Å². The molecule has 0 amide bonds. The Balaban J connectivity index is 1.59. The summed E-state index contributed by atoms with van der Waals surface area (Å²) in [7, 11) is 0. The maximum Gasteiger partial charge on any atom is 0.182 e. The van der Waals surface area contributed by atoms with Gasteiger partial charge in [-0.05, 0) is 11.1 Å². The lowest BCUT2D eigenvalue weighted by Crippen LogP contribution is -2.26. The predicted octanol–water partition coefficient (Wildman–Crippen LogP) is 4.57. The number of hydroxylamine groups is 1. The summed E-state index contributed by atoms with van der Waals surface area (Å²) in [6, 6.07) is 29.5. The maximum atomic E-state index is 12.4. The fourth-order valence-electron chi connectivity index (χ4n) is 2.78. The van der Waals surface area contributed by atoms with Crippen LogP contribution in [0.4, 0.5) is 0 Å². The van der Waals surface area contributed by atoms with Crippen LogP contribution in [0.2, 0.25) is 0 Å². The summed E-state index contributed by atoms with van der Waals surface area (Å²) in [5.41, 5.74) is 3.11. The molecule has 0 radical (unpaired) electrons. The van der Waals surface area contributed by atoms with Crippen molar-refractivity contribution < 1.29 is 14.2 Å². The molecular formula is C24H25NO3. The number of rotatable bonds is 10. The van der Waals surface area contributed by atoms with Crippen LogP contribution in [0.3, 0.4) is 0 Å². The van der Waals surface area contributed by atoms with E-state index in [2.05, 4.69) is 0 Å². The molecule has 4 nitrogen and oxygen atoms in total. The average Bonchev–Trinajstić information content (AvgIpc) is 2.74. The minimum Gasteiger partial charge on any atom is -0.624 e. The van der Waals surface area contributed by atoms with Crippen LogP contribution in [0.25, 0.3) is 0 Å². The predicted molar refractivity (Wildman–Crippen MR) is 111 cm³/mol. The molecule has 0 spiro atoms. The van der Waals surface area contributed by atoms with Crippen molar-refractivity contribution in [2.75, 3.05) is 6.61 Å². The number of hydrogen-bond donors (Lipinski definition) is 0. The topological polar surface area (TPSA) is 44.5 Å². The van der Waals surface area contributed by atoms with Gasteiger partial charge in [0.1, 0.15) is 0 Å². The molecule has 0 bridgehead atoms. The van der Waals surface area contributed by atoms with Crippen molar-refractivity contribution in [1.82, 2.24) is 0 Å². The van der Waals surface area contributed by atoms with E-state index in [9.17, 15) is 5.21 Å². The van der Waals surface area contributed by atoms with E-state index in [1.165, 1.54) is 0 Å². The molecule has 4 heteroatoms. The molecule has 0 aliphatic heterocycles. The minimum atomic E-state index is -0.426. The lowest BCUT2D eigenvalue weighted by Gasteiger charge is -2.15. The number of benzene rings is 3. The Morgan fingerprint density at radius 2 is 1.21 bits per heavy atom.